The highest BCUT2D eigenvalue weighted by Gasteiger charge is 2.41. The number of aromatic nitrogens is 2. The highest BCUT2D eigenvalue weighted by molar-refractivity contribution is 7.80. The molecule has 7 heteroatoms. The lowest BCUT2D eigenvalue weighted by molar-refractivity contribution is -0.116. The maximum atomic E-state index is 13.3. The summed E-state index contributed by atoms with van der Waals surface area (Å²) in [6.45, 7) is 4.79. The number of anilines is 1. The molecular weight excluding hydrogens is 563 g/mol. The summed E-state index contributed by atoms with van der Waals surface area (Å²) in [7, 11) is 0. The number of rotatable bonds is 7. The number of nitrogens with one attached hydrogen (secondary N) is 2. The topological polar surface area (TPSA) is 62.2 Å². The van der Waals surface area contributed by atoms with Crippen molar-refractivity contribution in [2.45, 2.75) is 32.4 Å². The van der Waals surface area contributed by atoms with Gasteiger partial charge in [-0.2, -0.15) is 0 Å². The van der Waals surface area contributed by atoms with Crippen LogP contribution in [-0.4, -0.2) is 32.0 Å². The average molecular weight is 596 g/mol. The molecule has 2 aromatic heterocycles. The molecule has 2 atom stereocenters. The molecule has 0 aliphatic carbocycles. The lowest BCUT2D eigenvalue weighted by atomic mass is 9.96. The van der Waals surface area contributed by atoms with E-state index in [-0.39, 0.29) is 18.0 Å². The Morgan fingerprint density at radius 1 is 0.864 bits per heavy atom. The van der Waals surface area contributed by atoms with Crippen molar-refractivity contribution in [3.05, 3.63) is 138 Å². The summed E-state index contributed by atoms with van der Waals surface area (Å²) in [6, 6.07) is 36.9. The summed E-state index contributed by atoms with van der Waals surface area (Å²) in [4.78, 5) is 20.2. The lowest BCUT2D eigenvalue weighted by Crippen LogP contribution is -2.33. The van der Waals surface area contributed by atoms with Gasteiger partial charge in [0.1, 0.15) is 0 Å². The summed E-state index contributed by atoms with van der Waals surface area (Å²) in [6.07, 6.45) is 2.11. The molecule has 7 rings (SSSR count). The first kappa shape index (κ1) is 27.8. The Hall–Kier alpha value is -5.01. The maximum Gasteiger partial charge on any atom is 0.226 e. The molecule has 6 nitrogen and oxygen atoms in total. The number of thiocarbonyl (C=S) groups is 1. The first-order valence-electron chi connectivity index (χ1n) is 14.9. The minimum atomic E-state index is -0.161. The van der Waals surface area contributed by atoms with Crippen LogP contribution >= 0.6 is 12.2 Å². The number of fused-ring (bicyclic) bond motifs is 2. The molecular formula is C37H33N5OS. The monoisotopic (exact) mass is 595 g/mol. The molecule has 1 aliphatic heterocycles. The van der Waals surface area contributed by atoms with Crippen LogP contribution in [0.1, 0.15) is 41.1 Å². The first-order valence-corrected chi connectivity index (χ1v) is 15.3. The molecule has 218 valence electrons. The van der Waals surface area contributed by atoms with Gasteiger partial charge in [-0.25, -0.2) is 0 Å². The predicted octanol–water partition coefficient (Wildman–Crippen LogP) is 7.80. The molecule has 4 aromatic carbocycles. The van der Waals surface area contributed by atoms with Crippen molar-refractivity contribution in [1.29, 1.82) is 0 Å². The second kappa shape index (κ2) is 11.6. The largest absolute Gasteiger partial charge is 0.352 e. The number of benzene rings is 4. The van der Waals surface area contributed by atoms with Crippen LogP contribution in [0, 0.1) is 13.8 Å². The van der Waals surface area contributed by atoms with Crippen molar-refractivity contribution in [2.75, 3.05) is 11.9 Å². The van der Waals surface area contributed by atoms with Crippen LogP contribution in [0.25, 0.3) is 27.2 Å². The second-order valence-electron chi connectivity index (χ2n) is 11.3. The average Bonchev–Trinajstić information content (AvgIpc) is 3.54. The van der Waals surface area contributed by atoms with E-state index >= 15 is 0 Å². The van der Waals surface area contributed by atoms with E-state index in [0.717, 1.165) is 44.8 Å². The first-order chi connectivity index (χ1) is 21.5. The fourth-order valence-corrected chi connectivity index (χ4v) is 6.95. The van der Waals surface area contributed by atoms with Crippen LogP contribution in [0.3, 0.4) is 0 Å². The SMILES string of the molecule is Cc1cc([C@@H]2[C@@H](c3ccccn3)NC(=S)N2CCC(=O)Nc2cccc3ccccc23)c(C)n1-c1cccc2ccccc12. The Kier molecular flexibility index (Phi) is 7.32. The van der Waals surface area contributed by atoms with Gasteiger partial charge in [0.15, 0.2) is 5.11 Å². The van der Waals surface area contributed by atoms with E-state index in [2.05, 4.69) is 94.6 Å². The van der Waals surface area contributed by atoms with Crippen LogP contribution in [0.5, 0.6) is 0 Å². The van der Waals surface area contributed by atoms with Crippen molar-refractivity contribution in [2.24, 2.45) is 0 Å². The molecule has 3 heterocycles. The zero-order chi connectivity index (χ0) is 30.2. The zero-order valence-corrected chi connectivity index (χ0v) is 25.5. The minimum absolute atomic E-state index is 0.0505. The highest BCUT2D eigenvalue weighted by Crippen LogP contribution is 2.42. The normalized spacial score (nSPS) is 16.4. The smallest absolute Gasteiger partial charge is 0.226 e. The van der Waals surface area contributed by atoms with Gasteiger partial charge in [-0.1, -0.05) is 78.9 Å². The van der Waals surface area contributed by atoms with Gasteiger partial charge in [-0.05, 0) is 72.7 Å². The van der Waals surface area contributed by atoms with Gasteiger partial charge >= 0.3 is 0 Å². The van der Waals surface area contributed by atoms with E-state index in [9.17, 15) is 4.79 Å². The Balaban J connectivity index is 1.23. The fraction of sp³-hybridized carbons (Fsp3) is 0.162. The second-order valence-corrected chi connectivity index (χ2v) is 11.7. The number of carbonyl (C=O) groups excluding carboxylic acids is 1. The van der Waals surface area contributed by atoms with Crippen molar-refractivity contribution < 1.29 is 4.79 Å². The lowest BCUT2D eigenvalue weighted by Gasteiger charge is -2.28. The van der Waals surface area contributed by atoms with Crippen molar-refractivity contribution in [3.8, 4) is 5.69 Å². The molecule has 0 saturated carbocycles. The maximum absolute atomic E-state index is 13.3. The van der Waals surface area contributed by atoms with Gasteiger partial charge < -0.3 is 20.1 Å². The molecule has 1 fully saturated rings. The number of carbonyl (C=O) groups is 1. The summed E-state index contributed by atoms with van der Waals surface area (Å²) in [5, 5.41) is 11.8. The molecule has 0 spiro atoms. The highest BCUT2D eigenvalue weighted by atomic mass is 32.1. The van der Waals surface area contributed by atoms with Crippen LogP contribution in [0.15, 0.2) is 115 Å². The van der Waals surface area contributed by atoms with E-state index in [0.29, 0.717) is 18.1 Å². The Morgan fingerprint density at radius 3 is 2.32 bits per heavy atom. The molecule has 6 aromatic rings. The predicted molar refractivity (Wildman–Crippen MR) is 182 cm³/mol. The van der Waals surface area contributed by atoms with E-state index in [1.807, 2.05) is 54.7 Å². The number of hydrogen-bond donors (Lipinski definition) is 2. The number of amides is 1. The molecule has 1 amide bonds. The van der Waals surface area contributed by atoms with E-state index in [1.54, 1.807) is 0 Å². The van der Waals surface area contributed by atoms with Crippen LogP contribution in [0.4, 0.5) is 5.69 Å². The standard InChI is InChI=1S/C37H33N5OS/c1-24-23-30(25(2)42(24)33-19-10-14-27-12-4-6-16-29(27)33)36-35(32-17-7-8-21-38-32)40-37(44)41(36)22-20-34(43)39-31-18-9-13-26-11-3-5-15-28(26)31/h3-19,21,23,35-36H,20,22H2,1-2H3,(H,39,43)(H,40,44)/t35-,36-/m1/s1. The molecule has 0 radical (unpaired) electrons. The summed E-state index contributed by atoms with van der Waals surface area (Å²) >= 11 is 5.93. The molecule has 1 aliphatic rings. The van der Waals surface area contributed by atoms with Crippen LogP contribution in [0.2, 0.25) is 0 Å². The number of pyridine rings is 1. The van der Waals surface area contributed by atoms with E-state index in [1.165, 1.54) is 10.8 Å². The molecule has 0 bridgehead atoms. The summed E-state index contributed by atoms with van der Waals surface area (Å²) < 4.78 is 2.33. The summed E-state index contributed by atoms with van der Waals surface area (Å²) in [5.41, 5.74) is 6.32. The van der Waals surface area contributed by atoms with Crippen LogP contribution in [-0.2, 0) is 4.79 Å². The Morgan fingerprint density at radius 2 is 1.55 bits per heavy atom. The van der Waals surface area contributed by atoms with Crippen molar-refractivity contribution >= 4 is 50.5 Å². The summed E-state index contributed by atoms with van der Waals surface area (Å²) in [5.74, 6) is -0.0505. The molecule has 1 saturated heterocycles. The Labute approximate surface area is 262 Å². The van der Waals surface area contributed by atoms with Gasteiger partial charge in [-0.15, -0.1) is 0 Å². The van der Waals surface area contributed by atoms with Crippen molar-refractivity contribution in [3.63, 3.8) is 0 Å². The number of aryl methyl sites for hydroxylation is 1. The van der Waals surface area contributed by atoms with Crippen LogP contribution < -0.4 is 10.6 Å². The van der Waals surface area contributed by atoms with Crippen molar-refractivity contribution in [1.82, 2.24) is 19.8 Å². The van der Waals surface area contributed by atoms with E-state index < -0.39 is 0 Å². The van der Waals surface area contributed by atoms with Gasteiger partial charge in [0.25, 0.3) is 0 Å². The van der Waals surface area contributed by atoms with Gasteiger partial charge in [0, 0.05) is 47.0 Å². The zero-order valence-electron chi connectivity index (χ0n) is 24.7. The van der Waals surface area contributed by atoms with E-state index in [4.69, 9.17) is 17.2 Å². The third-order valence-corrected chi connectivity index (χ3v) is 8.99. The third-order valence-electron chi connectivity index (χ3n) is 8.64. The quantitative estimate of drug-likeness (QED) is 0.185. The Bertz CT molecular complexity index is 2010. The van der Waals surface area contributed by atoms with Gasteiger partial charge in [-0.3, -0.25) is 9.78 Å². The van der Waals surface area contributed by atoms with Gasteiger partial charge in [0.2, 0.25) is 5.91 Å². The number of hydrogen-bond acceptors (Lipinski definition) is 3. The number of nitrogens with zero attached hydrogens (tertiary/aromatic N) is 3. The molecule has 0 unspecified atom stereocenters. The third kappa shape index (κ3) is 4.99. The fourth-order valence-electron chi connectivity index (χ4n) is 6.61. The molecule has 44 heavy (non-hydrogen) atoms. The molecule has 2 N–H and O–H groups in total. The van der Waals surface area contributed by atoms with Gasteiger partial charge in [0.05, 0.1) is 23.5 Å². The minimum Gasteiger partial charge on any atom is -0.352 e.